The van der Waals surface area contributed by atoms with Gasteiger partial charge in [-0.3, -0.25) is 15.1 Å². The van der Waals surface area contributed by atoms with Crippen LogP contribution in [0, 0.1) is 17.0 Å². The van der Waals surface area contributed by atoms with Crippen molar-refractivity contribution in [2.45, 2.75) is 19.0 Å². The van der Waals surface area contributed by atoms with Gasteiger partial charge in [0, 0.05) is 35.9 Å². The summed E-state index contributed by atoms with van der Waals surface area (Å²) in [6.07, 6.45) is 3.67. The van der Waals surface area contributed by atoms with E-state index < -0.39 is 0 Å². The summed E-state index contributed by atoms with van der Waals surface area (Å²) in [5, 5.41) is 15.5. The summed E-state index contributed by atoms with van der Waals surface area (Å²) in [6.45, 7) is 2.04. The molecule has 0 bridgehead atoms. The van der Waals surface area contributed by atoms with Crippen LogP contribution in [0.25, 0.3) is 5.69 Å². The van der Waals surface area contributed by atoms with E-state index in [0.29, 0.717) is 16.5 Å². The Morgan fingerprint density at radius 2 is 1.65 bits per heavy atom. The Bertz CT molecular complexity index is 1670. The fourth-order valence-electron chi connectivity index (χ4n) is 4.98. The molecule has 0 spiro atoms. The zero-order valence-electron chi connectivity index (χ0n) is 21.5. The number of nitrogens with zero attached hydrogens (tertiary/aromatic N) is 4. The maximum absolute atomic E-state index is 11.5. The molecule has 6 rings (SSSR count). The first kappa shape index (κ1) is 25.3. The van der Waals surface area contributed by atoms with E-state index >= 15 is 0 Å². The molecule has 8 nitrogen and oxygen atoms in total. The molecule has 5 aromatic rings. The highest BCUT2D eigenvalue weighted by atomic mass is 32.1. The summed E-state index contributed by atoms with van der Waals surface area (Å²) in [4.78, 5) is 17.8. The first-order valence-electron chi connectivity index (χ1n) is 12.8. The minimum atomic E-state index is -0.387. The Morgan fingerprint density at radius 1 is 0.900 bits per heavy atom. The van der Waals surface area contributed by atoms with Crippen LogP contribution >= 0.6 is 12.2 Å². The number of thiocarbonyl (C=S) groups is 1. The monoisotopic (exact) mass is 547 g/mol. The van der Waals surface area contributed by atoms with Crippen molar-refractivity contribution in [3.8, 4) is 17.2 Å². The number of nitrogens with one attached hydrogen (secondary N) is 1. The smallest absolute Gasteiger partial charge is 0.271 e. The van der Waals surface area contributed by atoms with Gasteiger partial charge in [0.1, 0.15) is 17.5 Å². The third-order valence-corrected chi connectivity index (χ3v) is 7.19. The van der Waals surface area contributed by atoms with Gasteiger partial charge >= 0.3 is 0 Å². The van der Waals surface area contributed by atoms with E-state index in [4.69, 9.17) is 17.0 Å². The lowest BCUT2D eigenvalue weighted by molar-refractivity contribution is -0.384. The molecule has 0 amide bonds. The molecule has 3 aromatic carbocycles. The largest absolute Gasteiger partial charge is 0.457 e. The van der Waals surface area contributed by atoms with Crippen molar-refractivity contribution < 1.29 is 9.66 Å². The fourth-order valence-corrected chi connectivity index (χ4v) is 5.32. The van der Waals surface area contributed by atoms with Gasteiger partial charge in [0.2, 0.25) is 0 Å². The van der Waals surface area contributed by atoms with Gasteiger partial charge in [-0.25, -0.2) is 0 Å². The first-order valence-corrected chi connectivity index (χ1v) is 13.2. The second-order valence-electron chi connectivity index (χ2n) is 9.49. The number of hydrogen-bond donors (Lipinski definition) is 1. The summed E-state index contributed by atoms with van der Waals surface area (Å²) in [5.41, 5.74) is 4.50. The molecule has 198 valence electrons. The standard InChI is InChI=1S/C31H25N5O3S/c1-21-10-14-25(15-11-21)39-26-16-12-22(13-17-26)35-30(29(33-31(35)40)27-8-2-3-18-32-27)28-9-5-19-34(28)23-6-4-7-24(20-23)36(37)38/h2-20,29-30H,1H3,(H,33,40)/t29-,30+/m0/s1. The molecule has 2 aromatic heterocycles. The molecule has 1 aliphatic rings. The van der Waals surface area contributed by atoms with Gasteiger partial charge in [-0.2, -0.15) is 0 Å². The van der Waals surface area contributed by atoms with Crippen LogP contribution in [0.2, 0.25) is 0 Å². The van der Waals surface area contributed by atoms with E-state index in [1.807, 2.05) is 103 Å². The normalized spacial score (nSPS) is 16.5. The summed E-state index contributed by atoms with van der Waals surface area (Å²) in [7, 11) is 0. The summed E-state index contributed by atoms with van der Waals surface area (Å²) in [6, 6.07) is 31.5. The van der Waals surface area contributed by atoms with Gasteiger partial charge in [0.15, 0.2) is 5.11 Å². The number of nitro groups is 1. The highest BCUT2D eigenvalue weighted by Crippen LogP contribution is 2.42. The molecule has 40 heavy (non-hydrogen) atoms. The number of pyridine rings is 1. The molecular weight excluding hydrogens is 522 g/mol. The van der Waals surface area contributed by atoms with Crippen LogP contribution in [0.15, 0.2) is 116 Å². The minimum Gasteiger partial charge on any atom is -0.457 e. The summed E-state index contributed by atoms with van der Waals surface area (Å²) in [5.74, 6) is 1.48. The number of rotatable bonds is 7. The van der Waals surface area contributed by atoms with Crippen molar-refractivity contribution in [2.75, 3.05) is 4.90 Å². The molecule has 1 fully saturated rings. The van der Waals surface area contributed by atoms with Crippen molar-refractivity contribution >= 4 is 28.7 Å². The van der Waals surface area contributed by atoms with Gasteiger partial charge in [-0.1, -0.05) is 29.8 Å². The predicted octanol–water partition coefficient (Wildman–Crippen LogP) is 7.06. The maximum atomic E-state index is 11.5. The minimum absolute atomic E-state index is 0.0273. The van der Waals surface area contributed by atoms with Crippen molar-refractivity contribution in [1.82, 2.24) is 14.9 Å². The quantitative estimate of drug-likeness (QED) is 0.133. The molecule has 9 heteroatoms. The number of aromatic nitrogens is 2. The van der Waals surface area contributed by atoms with Crippen LogP contribution in [0.5, 0.6) is 11.5 Å². The third-order valence-electron chi connectivity index (χ3n) is 6.87. The number of aryl methyl sites for hydroxylation is 1. The molecule has 1 saturated heterocycles. The van der Waals surface area contributed by atoms with Crippen molar-refractivity contribution in [3.63, 3.8) is 0 Å². The van der Waals surface area contributed by atoms with Crippen LogP contribution in [0.4, 0.5) is 11.4 Å². The maximum Gasteiger partial charge on any atom is 0.271 e. The van der Waals surface area contributed by atoms with Gasteiger partial charge in [0.05, 0.1) is 22.3 Å². The lowest BCUT2D eigenvalue weighted by Gasteiger charge is -2.29. The van der Waals surface area contributed by atoms with Gasteiger partial charge < -0.3 is 19.5 Å². The molecule has 0 radical (unpaired) electrons. The first-order chi connectivity index (χ1) is 19.5. The van der Waals surface area contributed by atoms with E-state index in [1.54, 1.807) is 18.3 Å². The Hall–Kier alpha value is -5.02. The number of hydrogen-bond acceptors (Lipinski definition) is 5. The van der Waals surface area contributed by atoms with Gasteiger partial charge in [-0.05, 0) is 85.9 Å². The van der Waals surface area contributed by atoms with Crippen LogP contribution < -0.4 is 15.0 Å². The Kier molecular flexibility index (Phi) is 6.71. The molecule has 1 aliphatic heterocycles. The SMILES string of the molecule is Cc1ccc(Oc2ccc(N3C(=S)N[C@@H](c4ccccn4)[C@H]3c3cccn3-c3cccc([N+](=O)[O-])c3)cc2)cc1. The van der Waals surface area contributed by atoms with E-state index in [1.165, 1.54) is 11.6 Å². The van der Waals surface area contributed by atoms with E-state index in [9.17, 15) is 10.1 Å². The summed E-state index contributed by atoms with van der Waals surface area (Å²) >= 11 is 5.87. The van der Waals surface area contributed by atoms with E-state index in [2.05, 4.69) is 15.2 Å². The second-order valence-corrected chi connectivity index (χ2v) is 9.87. The molecule has 1 N–H and O–H groups in total. The zero-order valence-corrected chi connectivity index (χ0v) is 22.4. The molecule has 3 heterocycles. The van der Waals surface area contributed by atoms with Crippen LogP contribution in [-0.4, -0.2) is 19.6 Å². The molecular formula is C31H25N5O3S. The lowest BCUT2D eigenvalue weighted by Crippen LogP contribution is -2.30. The van der Waals surface area contributed by atoms with Crippen molar-refractivity contribution in [1.29, 1.82) is 0 Å². The molecule has 0 unspecified atom stereocenters. The number of ether oxygens (including phenoxy) is 1. The molecule has 0 saturated carbocycles. The molecule has 0 aliphatic carbocycles. The second kappa shape index (κ2) is 10.6. The fraction of sp³-hybridized carbons (Fsp3) is 0.0968. The third kappa shape index (κ3) is 4.90. The highest BCUT2D eigenvalue weighted by Gasteiger charge is 2.42. The van der Waals surface area contributed by atoms with Crippen molar-refractivity contribution in [2.24, 2.45) is 0 Å². The highest BCUT2D eigenvalue weighted by molar-refractivity contribution is 7.80. The lowest BCUT2D eigenvalue weighted by atomic mass is 10.0. The van der Waals surface area contributed by atoms with E-state index in [-0.39, 0.29) is 22.7 Å². The van der Waals surface area contributed by atoms with Gasteiger partial charge in [-0.15, -0.1) is 0 Å². The average Bonchev–Trinajstić information content (AvgIpc) is 3.60. The number of nitro benzene ring substituents is 1. The number of anilines is 1. The summed E-state index contributed by atoms with van der Waals surface area (Å²) < 4.78 is 8.00. The van der Waals surface area contributed by atoms with Crippen LogP contribution in [0.3, 0.4) is 0 Å². The Labute approximate surface area is 236 Å². The van der Waals surface area contributed by atoms with Crippen LogP contribution in [0.1, 0.15) is 29.0 Å². The Morgan fingerprint density at radius 3 is 2.35 bits per heavy atom. The van der Waals surface area contributed by atoms with E-state index in [0.717, 1.165) is 22.8 Å². The van der Waals surface area contributed by atoms with Crippen LogP contribution in [-0.2, 0) is 0 Å². The Balaban J connectivity index is 1.40. The zero-order chi connectivity index (χ0) is 27.6. The van der Waals surface area contributed by atoms with Crippen molar-refractivity contribution in [3.05, 3.63) is 143 Å². The van der Waals surface area contributed by atoms with Gasteiger partial charge in [0.25, 0.3) is 5.69 Å². The average molecular weight is 548 g/mol. The molecule has 2 atom stereocenters. The predicted molar refractivity (Wildman–Crippen MR) is 158 cm³/mol. The number of non-ortho nitro benzene ring substituents is 1. The topological polar surface area (TPSA) is 85.5 Å². The number of benzene rings is 3.